The zero-order valence-electron chi connectivity index (χ0n) is 17.0. The molecule has 4 heteroatoms. The van der Waals surface area contributed by atoms with Gasteiger partial charge in [0, 0.05) is 10.6 Å². The molecule has 4 bridgehead atoms. The Bertz CT molecular complexity index is 839. The van der Waals surface area contributed by atoms with Gasteiger partial charge in [0.15, 0.2) is 0 Å². The maximum absolute atomic E-state index is 12.4. The number of anilines is 1. The number of benzene rings is 2. The van der Waals surface area contributed by atoms with Crippen LogP contribution in [0.25, 0.3) is 0 Å². The van der Waals surface area contributed by atoms with E-state index in [1.807, 2.05) is 24.3 Å². The Balaban J connectivity index is 1.19. The van der Waals surface area contributed by atoms with Crippen LogP contribution in [-0.2, 0) is 10.2 Å². The standard InChI is InChI=1S/C25H29NO2S/c1-28-22-6-8-23(9-7-22)29-16-24(27)26-21-4-2-20(3-5-21)25-13-17-10-18(14-25)12-19(11-17)15-25/h2-9,17-19H,10-16H2,1H3,(H,26,27). The van der Waals surface area contributed by atoms with Crippen LogP contribution in [0.3, 0.4) is 0 Å². The van der Waals surface area contributed by atoms with E-state index in [4.69, 9.17) is 4.74 Å². The largest absolute Gasteiger partial charge is 0.497 e. The highest BCUT2D eigenvalue weighted by Crippen LogP contribution is 2.60. The maximum Gasteiger partial charge on any atom is 0.234 e. The van der Waals surface area contributed by atoms with Gasteiger partial charge in [-0.3, -0.25) is 4.79 Å². The van der Waals surface area contributed by atoms with Crippen LogP contribution in [0, 0.1) is 17.8 Å². The molecule has 0 saturated heterocycles. The number of carbonyl (C=O) groups is 1. The van der Waals surface area contributed by atoms with Crippen molar-refractivity contribution in [3.8, 4) is 5.75 Å². The molecule has 0 atom stereocenters. The molecule has 0 unspecified atom stereocenters. The number of hydrogen-bond acceptors (Lipinski definition) is 3. The molecule has 2 aromatic carbocycles. The van der Waals surface area contributed by atoms with Crippen molar-refractivity contribution in [2.24, 2.45) is 17.8 Å². The highest BCUT2D eigenvalue weighted by Gasteiger charge is 2.51. The topological polar surface area (TPSA) is 38.3 Å². The number of carbonyl (C=O) groups excluding carboxylic acids is 1. The third kappa shape index (κ3) is 3.92. The Labute approximate surface area is 177 Å². The van der Waals surface area contributed by atoms with Gasteiger partial charge in [-0.05, 0) is 104 Å². The maximum atomic E-state index is 12.4. The lowest BCUT2D eigenvalue weighted by atomic mass is 9.48. The molecule has 0 aliphatic heterocycles. The molecule has 4 aliphatic rings. The third-order valence-electron chi connectivity index (χ3n) is 7.25. The van der Waals surface area contributed by atoms with Crippen LogP contribution in [-0.4, -0.2) is 18.8 Å². The SMILES string of the molecule is COc1ccc(SCC(=O)Nc2ccc(C34CC5CC(CC(C5)C3)C4)cc2)cc1. The fourth-order valence-corrected chi connectivity index (χ4v) is 7.09. The Kier molecular flexibility index (Phi) is 5.07. The van der Waals surface area contributed by atoms with Gasteiger partial charge in [0.05, 0.1) is 12.9 Å². The van der Waals surface area contributed by atoms with Crippen molar-refractivity contribution in [1.82, 2.24) is 0 Å². The molecule has 1 N–H and O–H groups in total. The van der Waals surface area contributed by atoms with Gasteiger partial charge >= 0.3 is 0 Å². The average Bonchev–Trinajstić information content (AvgIpc) is 2.72. The van der Waals surface area contributed by atoms with Crippen LogP contribution in [0.15, 0.2) is 53.4 Å². The number of methoxy groups -OCH3 is 1. The van der Waals surface area contributed by atoms with Crippen LogP contribution in [0.1, 0.15) is 44.1 Å². The lowest BCUT2D eigenvalue weighted by molar-refractivity contribution is -0.113. The van der Waals surface area contributed by atoms with Crippen molar-refractivity contribution in [3.05, 3.63) is 54.1 Å². The molecule has 0 spiro atoms. The van der Waals surface area contributed by atoms with Crippen LogP contribution < -0.4 is 10.1 Å². The first-order valence-corrected chi connectivity index (χ1v) is 11.8. The summed E-state index contributed by atoms with van der Waals surface area (Å²) in [6, 6.07) is 16.6. The lowest BCUT2D eigenvalue weighted by Crippen LogP contribution is -2.48. The van der Waals surface area contributed by atoms with Gasteiger partial charge in [0.25, 0.3) is 0 Å². The second-order valence-corrected chi connectivity index (χ2v) is 10.3. The van der Waals surface area contributed by atoms with Gasteiger partial charge in [-0.1, -0.05) is 12.1 Å². The van der Waals surface area contributed by atoms with E-state index in [1.165, 1.54) is 44.1 Å². The molecule has 0 heterocycles. The van der Waals surface area contributed by atoms with Crippen LogP contribution in [0.2, 0.25) is 0 Å². The Morgan fingerprint density at radius 1 is 0.966 bits per heavy atom. The average molecular weight is 408 g/mol. The molecule has 1 amide bonds. The lowest BCUT2D eigenvalue weighted by Gasteiger charge is -2.57. The van der Waals surface area contributed by atoms with E-state index in [1.54, 1.807) is 18.9 Å². The van der Waals surface area contributed by atoms with E-state index in [2.05, 4.69) is 29.6 Å². The van der Waals surface area contributed by atoms with E-state index in [0.29, 0.717) is 11.2 Å². The first kappa shape index (κ1) is 19.0. The fourth-order valence-electron chi connectivity index (χ4n) is 6.39. The van der Waals surface area contributed by atoms with Crippen LogP contribution >= 0.6 is 11.8 Å². The second kappa shape index (κ2) is 7.71. The quantitative estimate of drug-likeness (QED) is 0.607. The molecular formula is C25H29NO2S. The van der Waals surface area contributed by atoms with E-state index < -0.39 is 0 Å². The van der Waals surface area contributed by atoms with Gasteiger partial charge in [-0.2, -0.15) is 0 Å². The van der Waals surface area contributed by atoms with E-state index in [9.17, 15) is 4.79 Å². The summed E-state index contributed by atoms with van der Waals surface area (Å²) in [6.07, 6.45) is 8.55. The van der Waals surface area contributed by atoms with Gasteiger partial charge in [0.2, 0.25) is 5.91 Å². The van der Waals surface area contributed by atoms with Crippen molar-refractivity contribution in [2.75, 3.05) is 18.2 Å². The Morgan fingerprint density at radius 3 is 2.10 bits per heavy atom. The van der Waals surface area contributed by atoms with Gasteiger partial charge in [-0.15, -0.1) is 11.8 Å². The van der Waals surface area contributed by atoms with E-state index in [0.717, 1.165) is 34.1 Å². The highest BCUT2D eigenvalue weighted by atomic mass is 32.2. The molecule has 29 heavy (non-hydrogen) atoms. The predicted molar refractivity (Wildman–Crippen MR) is 119 cm³/mol. The highest BCUT2D eigenvalue weighted by molar-refractivity contribution is 8.00. The summed E-state index contributed by atoms with van der Waals surface area (Å²) in [7, 11) is 1.66. The zero-order chi connectivity index (χ0) is 19.8. The minimum Gasteiger partial charge on any atom is -0.497 e. The number of nitrogens with one attached hydrogen (secondary N) is 1. The summed E-state index contributed by atoms with van der Waals surface area (Å²) in [5, 5.41) is 3.05. The number of rotatable bonds is 6. The predicted octanol–water partition coefficient (Wildman–Crippen LogP) is 5.89. The summed E-state index contributed by atoms with van der Waals surface area (Å²) in [4.78, 5) is 13.4. The molecule has 0 radical (unpaired) electrons. The second-order valence-electron chi connectivity index (χ2n) is 9.29. The van der Waals surface area contributed by atoms with Crippen molar-refractivity contribution in [1.29, 1.82) is 0 Å². The third-order valence-corrected chi connectivity index (χ3v) is 8.26. The van der Waals surface area contributed by atoms with Gasteiger partial charge < -0.3 is 10.1 Å². The molecule has 4 aliphatic carbocycles. The molecular weight excluding hydrogens is 378 g/mol. The minimum absolute atomic E-state index is 0.0355. The Hall–Kier alpha value is -1.94. The van der Waals surface area contributed by atoms with Gasteiger partial charge in [0.1, 0.15) is 5.75 Å². The zero-order valence-corrected chi connectivity index (χ0v) is 17.8. The van der Waals surface area contributed by atoms with Crippen molar-refractivity contribution in [2.45, 2.75) is 48.8 Å². The molecule has 6 rings (SSSR count). The van der Waals surface area contributed by atoms with Crippen molar-refractivity contribution < 1.29 is 9.53 Å². The smallest absolute Gasteiger partial charge is 0.234 e. The molecule has 4 fully saturated rings. The number of thioether (sulfide) groups is 1. The molecule has 3 nitrogen and oxygen atoms in total. The normalized spacial score (nSPS) is 29.6. The van der Waals surface area contributed by atoms with Crippen molar-refractivity contribution in [3.63, 3.8) is 0 Å². The van der Waals surface area contributed by atoms with Crippen LogP contribution in [0.5, 0.6) is 5.75 Å². The summed E-state index contributed by atoms with van der Waals surface area (Å²) in [6.45, 7) is 0. The molecule has 152 valence electrons. The Morgan fingerprint density at radius 2 is 1.55 bits per heavy atom. The van der Waals surface area contributed by atoms with E-state index in [-0.39, 0.29) is 5.91 Å². The minimum atomic E-state index is 0.0355. The number of ether oxygens (including phenoxy) is 1. The summed E-state index contributed by atoms with van der Waals surface area (Å²) in [5.41, 5.74) is 2.82. The van der Waals surface area contributed by atoms with Crippen molar-refractivity contribution >= 4 is 23.4 Å². The summed E-state index contributed by atoms with van der Waals surface area (Å²) >= 11 is 1.54. The first-order chi connectivity index (χ1) is 14.1. The van der Waals surface area contributed by atoms with E-state index >= 15 is 0 Å². The molecule has 0 aromatic heterocycles. The number of amides is 1. The summed E-state index contributed by atoms with van der Waals surface area (Å²) in [5.74, 6) is 4.14. The first-order valence-electron chi connectivity index (χ1n) is 10.8. The monoisotopic (exact) mass is 407 g/mol. The molecule has 4 saturated carbocycles. The fraction of sp³-hybridized carbons (Fsp3) is 0.480. The molecule has 2 aromatic rings. The number of hydrogen-bond donors (Lipinski definition) is 1. The van der Waals surface area contributed by atoms with Gasteiger partial charge in [-0.25, -0.2) is 0 Å². The summed E-state index contributed by atoms with van der Waals surface area (Å²) < 4.78 is 5.17. The van der Waals surface area contributed by atoms with Crippen LogP contribution in [0.4, 0.5) is 5.69 Å².